The van der Waals surface area contributed by atoms with Gasteiger partial charge >= 0.3 is 0 Å². The SMILES string of the molecule is COC1=C/C(=C\[C@H](C)[C@H](C)Cc2ccc(O)c(OC)c2)C=CC1=O. The zero-order valence-electron chi connectivity index (χ0n) is 14.6. The summed E-state index contributed by atoms with van der Waals surface area (Å²) in [5, 5.41) is 9.68. The summed E-state index contributed by atoms with van der Waals surface area (Å²) in [6, 6.07) is 5.44. The number of carbonyl (C=O) groups excluding carboxylic acids is 1. The zero-order chi connectivity index (χ0) is 17.7. The average Bonchev–Trinajstić information content (AvgIpc) is 2.58. The van der Waals surface area contributed by atoms with E-state index in [0.29, 0.717) is 23.3 Å². The summed E-state index contributed by atoms with van der Waals surface area (Å²) in [5.74, 6) is 1.60. The number of rotatable bonds is 6. The minimum Gasteiger partial charge on any atom is -0.504 e. The predicted molar refractivity (Wildman–Crippen MR) is 94.0 cm³/mol. The number of ketones is 1. The molecule has 0 radical (unpaired) electrons. The number of methoxy groups -OCH3 is 2. The molecule has 1 aliphatic rings. The summed E-state index contributed by atoms with van der Waals surface area (Å²) in [5.41, 5.74) is 2.10. The summed E-state index contributed by atoms with van der Waals surface area (Å²) < 4.78 is 10.2. The Hall–Kier alpha value is -2.49. The number of phenolic OH excluding ortho intramolecular Hbond substituents is 1. The summed E-state index contributed by atoms with van der Waals surface area (Å²) in [7, 11) is 3.05. The highest BCUT2D eigenvalue weighted by atomic mass is 16.5. The van der Waals surface area contributed by atoms with Crippen LogP contribution >= 0.6 is 0 Å². The van der Waals surface area contributed by atoms with E-state index < -0.39 is 0 Å². The lowest BCUT2D eigenvalue weighted by molar-refractivity contribution is -0.114. The molecule has 24 heavy (non-hydrogen) atoms. The van der Waals surface area contributed by atoms with Crippen LogP contribution in [-0.4, -0.2) is 25.1 Å². The van der Waals surface area contributed by atoms with Gasteiger partial charge in [0.1, 0.15) is 0 Å². The van der Waals surface area contributed by atoms with E-state index >= 15 is 0 Å². The van der Waals surface area contributed by atoms with E-state index in [1.165, 1.54) is 13.2 Å². The van der Waals surface area contributed by atoms with Crippen LogP contribution in [0.3, 0.4) is 0 Å². The van der Waals surface area contributed by atoms with E-state index in [9.17, 15) is 9.90 Å². The largest absolute Gasteiger partial charge is 0.504 e. The van der Waals surface area contributed by atoms with Gasteiger partial charge in [-0.2, -0.15) is 0 Å². The maximum Gasteiger partial charge on any atom is 0.220 e. The number of hydrogen-bond acceptors (Lipinski definition) is 4. The molecule has 4 heteroatoms. The second-order valence-electron chi connectivity index (χ2n) is 6.12. The van der Waals surface area contributed by atoms with Crippen LogP contribution in [0, 0.1) is 11.8 Å². The Labute approximate surface area is 143 Å². The second-order valence-corrected chi connectivity index (χ2v) is 6.12. The summed E-state index contributed by atoms with van der Waals surface area (Å²) >= 11 is 0. The molecule has 4 nitrogen and oxygen atoms in total. The molecule has 1 N–H and O–H groups in total. The first kappa shape index (κ1) is 17.9. The first-order chi connectivity index (χ1) is 11.4. The first-order valence-electron chi connectivity index (χ1n) is 8.00. The topological polar surface area (TPSA) is 55.8 Å². The molecule has 0 aromatic heterocycles. The lowest BCUT2D eigenvalue weighted by Gasteiger charge is -2.19. The van der Waals surface area contributed by atoms with Crippen LogP contribution in [0.2, 0.25) is 0 Å². The molecule has 2 atom stereocenters. The smallest absolute Gasteiger partial charge is 0.220 e. The standard InChI is InChI=1S/C20H24O4/c1-13(9-15-5-7-17(21)19(11-15)23-3)14(2)10-16-6-8-18(22)20(12-16)24-4/h5-9,11-14,22H,10H2,1-4H3/b15-9-/t13-,14+/m0/s1. The van der Waals surface area contributed by atoms with Gasteiger partial charge in [0, 0.05) is 0 Å². The highest BCUT2D eigenvalue weighted by Crippen LogP contribution is 2.29. The van der Waals surface area contributed by atoms with Crippen LogP contribution in [-0.2, 0) is 16.0 Å². The summed E-state index contributed by atoms with van der Waals surface area (Å²) in [6.45, 7) is 4.33. The fourth-order valence-electron chi connectivity index (χ4n) is 2.66. The van der Waals surface area contributed by atoms with Gasteiger partial charge in [0.2, 0.25) is 5.78 Å². The number of benzene rings is 1. The van der Waals surface area contributed by atoms with Crippen molar-refractivity contribution in [2.75, 3.05) is 14.2 Å². The van der Waals surface area contributed by atoms with Crippen LogP contribution in [0.4, 0.5) is 0 Å². The molecule has 1 aliphatic carbocycles. The van der Waals surface area contributed by atoms with Gasteiger partial charge in [0.15, 0.2) is 17.3 Å². The van der Waals surface area contributed by atoms with Crippen molar-refractivity contribution in [2.45, 2.75) is 20.3 Å². The third-order valence-corrected chi connectivity index (χ3v) is 4.34. The molecule has 0 fully saturated rings. The predicted octanol–water partition coefficient (Wildman–Crippen LogP) is 3.81. The molecule has 1 aromatic rings. The number of ether oxygens (including phenoxy) is 2. The third-order valence-electron chi connectivity index (χ3n) is 4.34. The molecular formula is C20H24O4. The molecule has 128 valence electrons. The fraction of sp³-hybridized carbons (Fsp3) is 0.350. The molecule has 1 aromatic carbocycles. The van der Waals surface area contributed by atoms with Crippen LogP contribution in [0.1, 0.15) is 19.4 Å². The monoisotopic (exact) mass is 328 g/mol. The van der Waals surface area contributed by atoms with Gasteiger partial charge < -0.3 is 14.6 Å². The van der Waals surface area contributed by atoms with Crippen molar-refractivity contribution in [1.29, 1.82) is 0 Å². The van der Waals surface area contributed by atoms with Crippen molar-refractivity contribution in [1.82, 2.24) is 0 Å². The Balaban J connectivity index is 2.08. The Morgan fingerprint density at radius 1 is 1.17 bits per heavy atom. The Kier molecular flexibility index (Phi) is 5.85. The van der Waals surface area contributed by atoms with E-state index in [0.717, 1.165) is 17.6 Å². The zero-order valence-corrected chi connectivity index (χ0v) is 14.6. The van der Waals surface area contributed by atoms with Crippen molar-refractivity contribution in [3.63, 3.8) is 0 Å². The third kappa shape index (κ3) is 4.28. The first-order valence-corrected chi connectivity index (χ1v) is 8.00. The molecule has 0 saturated heterocycles. The molecular weight excluding hydrogens is 304 g/mol. The molecule has 2 rings (SSSR count). The highest BCUT2D eigenvalue weighted by Gasteiger charge is 2.15. The van der Waals surface area contributed by atoms with Gasteiger partial charge in [-0.1, -0.05) is 32.1 Å². The van der Waals surface area contributed by atoms with E-state index in [2.05, 4.69) is 19.9 Å². The molecule has 0 spiro atoms. The van der Waals surface area contributed by atoms with Crippen molar-refractivity contribution in [3.8, 4) is 11.5 Å². The maximum atomic E-state index is 11.6. The average molecular weight is 328 g/mol. The van der Waals surface area contributed by atoms with Crippen molar-refractivity contribution >= 4 is 5.78 Å². The highest BCUT2D eigenvalue weighted by molar-refractivity contribution is 6.04. The van der Waals surface area contributed by atoms with Gasteiger partial charge in [-0.05, 0) is 53.7 Å². The Morgan fingerprint density at radius 2 is 1.92 bits per heavy atom. The number of phenols is 1. The summed E-state index contributed by atoms with van der Waals surface area (Å²) in [4.78, 5) is 11.6. The molecule has 0 bridgehead atoms. The lowest BCUT2D eigenvalue weighted by Crippen LogP contribution is -2.10. The summed E-state index contributed by atoms with van der Waals surface area (Å²) in [6.07, 6.45) is 8.13. The van der Waals surface area contributed by atoms with E-state index in [4.69, 9.17) is 9.47 Å². The van der Waals surface area contributed by atoms with Gasteiger partial charge in [-0.15, -0.1) is 0 Å². The minimum absolute atomic E-state index is 0.105. The molecule has 0 saturated carbocycles. The van der Waals surface area contributed by atoms with Gasteiger partial charge in [-0.3, -0.25) is 4.79 Å². The molecule has 0 heterocycles. The van der Waals surface area contributed by atoms with Gasteiger partial charge in [0.25, 0.3) is 0 Å². The molecule has 0 amide bonds. The normalized spacial score (nSPS) is 18.2. The second kappa shape index (κ2) is 7.86. The van der Waals surface area contributed by atoms with E-state index in [1.807, 2.05) is 18.2 Å². The van der Waals surface area contributed by atoms with Crippen LogP contribution in [0.15, 0.2) is 53.8 Å². The molecule has 0 aliphatic heterocycles. The number of aromatic hydroxyl groups is 1. The number of hydrogen-bond donors (Lipinski definition) is 1. The maximum absolute atomic E-state index is 11.6. The Bertz CT molecular complexity index is 698. The lowest BCUT2D eigenvalue weighted by atomic mass is 9.87. The number of allylic oxidation sites excluding steroid dienone is 5. The fourth-order valence-corrected chi connectivity index (χ4v) is 2.66. The van der Waals surface area contributed by atoms with Crippen molar-refractivity contribution < 1.29 is 19.4 Å². The van der Waals surface area contributed by atoms with E-state index in [1.54, 1.807) is 19.3 Å². The Morgan fingerprint density at radius 3 is 2.58 bits per heavy atom. The quantitative estimate of drug-likeness (QED) is 0.863. The van der Waals surface area contributed by atoms with Crippen LogP contribution in [0.25, 0.3) is 0 Å². The minimum atomic E-state index is -0.105. The van der Waals surface area contributed by atoms with Crippen LogP contribution < -0.4 is 4.74 Å². The van der Waals surface area contributed by atoms with Crippen LogP contribution in [0.5, 0.6) is 11.5 Å². The van der Waals surface area contributed by atoms with E-state index in [-0.39, 0.29) is 11.5 Å². The number of carbonyl (C=O) groups is 1. The molecule has 0 unspecified atom stereocenters. The van der Waals surface area contributed by atoms with Gasteiger partial charge in [-0.25, -0.2) is 0 Å². The van der Waals surface area contributed by atoms with Gasteiger partial charge in [0.05, 0.1) is 14.2 Å². The van der Waals surface area contributed by atoms with Crippen molar-refractivity contribution in [2.24, 2.45) is 11.8 Å². The van der Waals surface area contributed by atoms with Crippen molar-refractivity contribution in [3.05, 3.63) is 59.4 Å².